The Hall–Kier alpha value is -2.32. The second-order valence-electron chi connectivity index (χ2n) is 8.66. The van der Waals surface area contributed by atoms with E-state index in [-0.39, 0.29) is 37.6 Å². The molecule has 8 heteroatoms. The first-order valence-electron chi connectivity index (χ1n) is 11.7. The van der Waals surface area contributed by atoms with Crippen molar-refractivity contribution in [2.24, 2.45) is 5.92 Å². The summed E-state index contributed by atoms with van der Waals surface area (Å²) in [6.07, 6.45) is 3.41. The lowest BCUT2D eigenvalue weighted by Crippen LogP contribution is -2.46. The smallest absolute Gasteiger partial charge is 0.234 e. The number of benzene rings is 1. The zero-order valence-electron chi connectivity index (χ0n) is 19.7. The van der Waals surface area contributed by atoms with Crippen molar-refractivity contribution in [1.29, 1.82) is 0 Å². The van der Waals surface area contributed by atoms with E-state index in [9.17, 15) is 14.7 Å². The minimum Gasteiger partial charge on any atom is -0.490 e. The van der Waals surface area contributed by atoms with Crippen molar-refractivity contribution < 1.29 is 24.2 Å². The normalized spacial score (nSPS) is 17.1. The molecule has 0 bridgehead atoms. The van der Waals surface area contributed by atoms with Crippen LogP contribution in [0.2, 0.25) is 0 Å². The summed E-state index contributed by atoms with van der Waals surface area (Å²) in [7, 11) is 0. The number of aliphatic hydroxyl groups is 1. The van der Waals surface area contributed by atoms with Crippen LogP contribution in [0.15, 0.2) is 18.2 Å². The van der Waals surface area contributed by atoms with E-state index in [2.05, 4.69) is 10.6 Å². The fourth-order valence-corrected chi connectivity index (χ4v) is 3.82. The summed E-state index contributed by atoms with van der Waals surface area (Å²) in [6.45, 7) is 8.11. The summed E-state index contributed by atoms with van der Waals surface area (Å²) in [6, 6.07) is 5.42. The third-order valence-electron chi connectivity index (χ3n) is 5.22. The van der Waals surface area contributed by atoms with Crippen LogP contribution in [0.4, 0.5) is 0 Å². The first-order chi connectivity index (χ1) is 15.4. The second-order valence-corrected chi connectivity index (χ2v) is 8.66. The number of hydrogen-bond donors (Lipinski definition) is 3. The van der Waals surface area contributed by atoms with Gasteiger partial charge in [0.05, 0.1) is 39.0 Å². The third kappa shape index (κ3) is 9.04. The Labute approximate surface area is 191 Å². The fourth-order valence-electron chi connectivity index (χ4n) is 3.82. The molecule has 1 aliphatic heterocycles. The molecule has 32 heavy (non-hydrogen) atoms. The molecule has 2 amide bonds. The van der Waals surface area contributed by atoms with Gasteiger partial charge in [-0.3, -0.25) is 14.5 Å². The van der Waals surface area contributed by atoms with Gasteiger partial charge >= 0.3 is 0 Å². The highest BCUT2D eigenvalue weighted by Gasteiger charge is 2.21. The molecule has 0 saturated carbocycles. The van der Waals surface area contributed by atoms with Gasteiger partial charge in [-0.15, -0.1) is 0 Å². The highest BCUT2D eigenvalue weighted by atomic mass is 16.5. The van der Waals surface area contributed by atoms with Crippen molar-refractivity contribution in [2.45, 2.75) is 59.0 Å². The number of carbonyl (C=O) groups excluding carboxylic acids is 2. The third-order valence-corrected chi connectivity index (χ3v) is 5.22. The lowest BCUT2D eigenvalue weighted by Gasteiger charge is -2.25. The molecule has 0 aromatic heterocycles. The zero-order chi connectivity index (χ0) is 23.3. The molecule has 1 aromatic rings. The van der Waals surface area contributed by atoms with Crippen LogP contribution in [0.5, 0.6) is 11.5 Å². The van der Waals surface area contributed by atoms with Gasteiger partial charge in [0.1, 0.15) is 0 Å². The summed E-state index contributed by atoms with van der Waals surface area (Å²) < 4.78 is 11.9. The topological polar surface area (TPSA) is 100 Å². The largest absolute Gasteiger partial charge is 0.490 e. The first-order valence-corrected chi connectivity index (χ1v) is 11.7. The molecule has 180 valence electrons. The molecule has 0 spiro atoms. The number of carbonyl (C=O) groups is 2. The number of amides is 2. The van der Waals surface area contributed by atoms with Crippen molar-refractivity contribution in [2.75, 3.05) is 39.5 Å². The zero-order valence-corrected chi connectivity index (χ0v) is 19.7. The molecule has 0 radical (unpaired) electrons. The maximum absolute atomic E-state index is 12.7. The Kier molecular flexibility index (Phi) is 11.3. The van der Waals surface area contributed by atoms with Crippen molar-refractivity contribution in [3.05, 3.63) is 23.8 Å². The van der Waals surface area contributed by atoms with E-state index in [0.717, 1.165) is 24.8 Å². The van der Waals surface area contributed by atoms with E-state index in [1.165, 1.54) is 0 Å². The van der Waals surface area contributed by atoms with Crippen molar-refractivity contribution >= 4 is 11.8 Å². The minimum absolute atomic E-state index is 0.0420. The number of para-hydroxylation sites is 1. The standard InChI is InChI=1S/C24H39N3O5/c1-4-31-21-10-8-9-19-14-27(16-23(30)26-20(17-28)13-18(2)3)15-22(29)25-11-6-5-7-12-32-24(19)21/h8-10,18,20,28H,4-7,11-17H2,1-3H3,(H,25,29)(H,26,30)/t20-/m0/s1. The minimum atomic E-state index is -0.299. The van der Waals surface area contributed by atoms with Crippen molar-refractivity contribution in [3.8, 4) is 11.5 Å². The van der Waals surface area contributed by atoms with Gasteiger partial charge in [-0.05, 0) is 44.6 Å². The van der Waals surface area contributed by atoms with E-state index in [0.29, 0.717) is 50.1 Å². The van der Waals surface area contributed by atoms with Gasteiger partial charge in [-0.1, -0.05) is 26.0 Å². The Bertz CT molecular complexity index is 726. The summed E-state index contributed by atoms with van der Waals surface area (Å²) in [5.41, 5.74) is 0.872. The predicted octanol–water partition coefficient (Wildman–Crippen LogP) is 2.09. The van der Waals surface area contributed by atoms with E-state index < -0.39 is 0 Å². The SMILES string of the molecule is CCOc1cccc2c1OCCCCCNC(=O)CN(CC(=O)N[C@H](CO)CC(C)C)C2. The molecule has 1 aromatic carbocycles. The van der Waals surface area contributed by atoms with Crippen LogP contribution < -0.4 is 20.1 Å². The van der Waals surface area contributed by atoms with E-state index >= 15 is 0 Å². The van der Waals surface area contributed by atoms with E-state index in [1.807, 2.05) is 39.0 Å². The van der Waals surface area contributed by atoms with Crippen LogP contribution in [-0.2, 0) is 16.1 Å². The highest BCUT2D eigenvalue weighted by molar-refractivity contribution is 5.81. The average molecular weight is 450 g/mol. The maximum Gasteiger partial charge on any atom is 0.234 e. The Morgan fingerprint density at radius 2 is 2.09 bits per heavy atom. The number of fused-ring (bicyclic) bond motifs is 1. The maximum atomic E-state index is 12.7. The number of ether oxygens (including phenoxy) is 2. The van der Waals surface area contributed by atoms with Crippen molar-refractivity contribution in [1.82, 2.24) is 15.5 Å². The molecule has 8 nitrogen and oxygen atoms in total. The van der Waals surface area contributed by atoms with Gasteiger partial charge in [-0.2, -0.15) is 0 Å². The fraction of sp³-hybridized carbons (Fsp3) is 0.667. The van der Waals surface area contributed by atoms with Crippen LogP contribution in [0.3, 0.4) is 0 Å². The molecule has 1 atom stereocenters. The van der Waals surface area contributed by atoms with Crippen LogP contribution in [0.1, 0.15) is 52.0 Å². The van der Waals surface area contributed by atoms with E-state index in [4.69, 9.17) is 9.47 Å². The molecule has 0 unspecified atom stereocenters. The van der Waals surface area contributed by atoms with Crippen LogP contribution >= 0.6 is 0 Å². The number of rotatable bonds is 8. The molecular weight excluding hydrogens is 410 g/mol. The Morgan fingerprint density at radius 1 is 1.28 bits per heavy atom. The molecule has 1 heterocycles. The van der Waals surface area contributed by atoms with Crippen LogP contribution in [-0.4, -0.2) is 67.3 Å². The number of aliphatic hydroxyl groups excluding tert-OH is 1. The molecule has 0 fully saturated rings. The summed E-state index contributed by atoms with van der Waals surface area (Å²) in [5.74, 6) is 1.37. The number of nitrogens with one attached hydrogen (secondary N) is 2. The monoisotopic (exact) mass is 449 g/mol. The van der Waals surface area contributed by atoms with Gasteiger partial charge in [0, 0.05) is 18.7 Å². The first kappa shape index (κ1) is 25.9. The molecule has 3 N–H and O–H groups in total. The second kappa shape index (κ2) is 14.0. The molecular formula is C24H39N3O5. The number of nitrogens with zero attached hydrogens (tertiary/aromatic N) is 1. The highest BCUT2D eigenvalue weighted by Crippen LogP contribution is 2.32. The Balaban J connectivity index is 2.21. The summed E-state index contributed by atoms with van der Waals surface area (Å²) in [4.78, 5) is 27.0. The molecule has 1 aliphatic rings. The predicted molar refractivity (Wildman–Crippen MR) is 124 cm³/mol. The summed E-state index contributed by atoms with van der Waals surface area (Å²) >= 11 is 0. The van der Waals surface area contributed by atoms with Crippen LogP contribution in [0.25, 0.3) is 0 Å². The molecule has 0 saturated heterocycles. The van der Waals surface area contributed by atoms with Crippen LogP contribution in [0, 0.1) is 5.92 Å². The van der Waals surface area contributed by atoms with Gasteiger partial charge in [0.15, 0.2) is 11.5 Å². The lowest BCUT2D eigenvalue weighted by molar-refractivity contribution is -0.126. The quantitative estimate of drug-likeness (QED) is 0.562. The summed E-state index contributed by atoms with van der Waals surface area (Å²) in [5, 5.41) is 15.4. The molecule has 2 rings (SSSR count). The lowest BCUT2D eigenvalue weighted by atomic mass is 10.0. The Morgan fingerprint density at radius 3 is 2.81 bits per heavy atom. The average Bonchev–Trinajstić information content (AvgIpc) is 2.74. The van der Waals surface area contributed by atoms with Gasteiger partial charge in [0.2, 0.25) is 11.8 Å². The van der Waals surface area contributed by atoms with E-state index in [1.54, 1.807) is 4.90 Å². The molecule has 0 aliphatic carbocycles. The number of hydrogen-bond acceptors (Lipinski definition) is 6. The van der Waals surface area contributed by atoms with Crippen molar-refractivity contribution in [3.63, 3.8) is 0 Å². The van der Waals surface area contributed by atoms with Gasteiger partial charge in [0.25, 0.3) is 0 Å². The van der Waals surface area contributed by atoms with Gasteiger partial charge in [-0.25, -0.2) is 0 Å². The van der Waals surface area contributed by atoms with Gasteiger partial charge < -0.3 is 25.2 Å².